The van der Waals surface area contributed by atoms with Crippen LogP contribution in [0.15, 0.2) is 17.8 Å². The van der Waals surface area contributed by atoms with Crippen molar-refractivity contribution < 1.29 is 39.0 Å². The van der Waals surface area contributed by atoms with E-state index in [4.69, 9.17) is 30.6 Å². The molecule has 0 radical (unpaired) electrons. The lowest BCUT2D eigenvalue weighted by atomic mass is 10.0. The molecule has 1 heterocycles. The maximum Gasteiger partial charge on any atom is 0.459 e. The van der Waals surface area contributed by atoms with E-state index in [9.17, 15) is 8.42 Å². The first-order chi connectivity index (χ1) is 18.6. The van der Waals surface area contributed by atoms with Crippen molar-refractivity contribution in [3.8, 4) is 0 Å². The molecule has 10 nitrogen and oxygen atoms in total. The number of allylic oxidation sites excluding steroid dienone is 1. The van der Waals surface area contributed by atoms with Crippen molar-refractivity contribution in [2.45, 2.75) is 134 Å². The second-order valence-electron chi connectivity index (χ2n) is 15.3. The van der Waals surface area contributed by atoms with Gasteiger partial charge in [0.2, 0.25) is 8.32 Å². The van der Waals surface area contributed by atoms with Gasteiger partial charge in [0.25, 0.3) is 0 Å². The zero-order valence-corrected chi connectivity index (χ0v) is 35.2. The molecular formula is C25H57NO9S2Si5. The number of ether oxygens (including phenoxy) is 1. The van der Waals surface area contributed by atoms with Crippen LogP contribution in [0.5, 0.6) is 0 Å². The van der Waals surface area contributed by atoms with Gasteiger partial charge in [-0.15, -0.1) is 6.58 Å². The summed E-state index contributed by atoms with van der Waals surface area (Å²) < 4.78 is 68.8. The zero-order chi connectivity index (χ0) is 32.9. The monoisotopic (exact) mass is 719 g/mol. The van der Waals surface area contributed by atoms with E-state index in [1.807, 2.05) is 0 Å². The summed E-state index contributed by atoms with van der Waals surface area (Å²) >= 11 is 1.25. The molecule has 42 heavy (non-hydrogen) atoms. The summed E-state index contributed by atoms with van der Waals surface area (Å²) in [5.74, 6) is 0. The van der Waals surface area contributed by atoms with Crippen LogP contribution < -0.4 is 0 Å². The van der Waals surface area contributed by atoms with Crippen LogP contribution in [0.1, 0.15) is 6.42 Å². The number of hydrogen-bond donors (Lipinski definition) is 0. The molecule has 0 amide bonds. The van der Waals surface area contributed by atoms with Gasteiger partial charge in [0.05, 0.1) is 6.61 Å². The summed E-state index contributed by atoms with van der Waals surface area (Å²) in [6.07, 6.45) is 0.117. The minimum Gasteiger partial charge on any atom is -0.415 e. The lowest BCUT2D eigenvalue weighted by Gasteiger charge is -2.51. The third kappa shape index (κ3) is 17.2. The molecule has 0 aromatic heterocycles. The highest BCUT2D eigenvalue weighted by molar-refractivity contribution is 8.14. The van der Waals surface area contributed by atoms with Crippen LogP contribution >= 0.6 is 11.8 Å². The summed E-state index contributed by atoms with van der Waals surface area (Å²) in [5, 5.41) is 4.36. The van der Waals surface area contributed by atoms with Gasteiger partial charge in [0, 0.05) is 6.42 Å². The molecule has 0 spiro atoms. The Bertz CT molecular complexity index is 1010. The van der Waals surface area contributed by atoms with Gasteiger partial charge in [-0.2, -0.15) is 8.42 Å². The Morgan fingerprint density at radius 1 is 0.762 bits per heavy atom. The van der Waals surface area contributed by atoms with Crippen LogP contribution in [0.2, 0.25) is 98.2 Å². The van der Waals surface area contributed by atoms with E-state index in [2.05, 4.69) is 90.3 Å². The SMILES string of the molecule is C=CCC(=NOS(=O)(=O)O[Si](C)(C)C)SC1OC(CO[Si](C)(C)C)C(O[Si](C)(C)C)C(O[Si](C)(C)C)C1O[Si](C)(C)C. The number of thioether (sulfide) groups is 1. The van der Waals surface area contributed by atoms with Crippen LogP contribution in [0, 0.1) is 0 Å². The van der Waals surface area contributed by atoms with Crippen LogP contribution in [0.3, 0.4) is 0 Å². The van der Waals surface area contributed by atoms with Crippen molar-refractivity contribution in [3.63, 3.8) is 0 Å². The first kappa shape index (κ1) is 40.4. The molecule has 248 valence electrons. The summed E-state index contributed by atoms with van der Waals surface area (Å²) in [7, 11) is -15.0. The molecule has 1 fully saturated rings. The average Bonchev–Trinajstić information content (AvgIpc) is 2.70. The van der Waals surface area contributed by atoms with E-state index >= 15 is 0 Å². The van der Waals surface area contributed by atoms with Gasteiger partial charge in [-0.1, -0.05) is 23.0 Å². The highest BCUT2D eigenvalue weighted by atomic mass is 32.3. The number of nitrogens with zero attached hydrogens (tertiary/aromatic N) is 1. The highest BCUT2D eigenvalue weighted by Gasteiger charge is 2.52. The standard InChI is InChI=1S/C25H57NO9S2Si5/c1-17-18-21(26-34-37(27,28)35-42(14,15)16)36-25-24(33-41(11,12)13)23(32-40(8,9)10)22(31-39(5,6)7)20(30-25)19-29-38(2,3)4/h17,20,22-25H,1,18-19H2,2-16H3. The minimum absolute atomic E-state index is 0.261. The fourth-order valence-corrected chi connectivity index (χ4v) is 11.8. The smallest absolute Gasteiger partial charge is 0.415 e. The van der Waals surface area contributed by atoms with Gasteiger partial charge < -0.3 is 22.4 Å². The molecule has 5 atom stereocenters. The lowest BCUT2D eigenvalue weighted by Crippen LogP contribution is -2.65. The maximum atomic E-state index is 12.5. The molecule has 1 aliphatic heterocycles. The Kier molecular flexibility index (Phi) is 14.7. The third-order valence-electron chi connectivity index (χ3n) is 4.89. The third-order valence-corrected chi connectivity index (χ3v) is 13.1. The van der Waals surface area contributed by atoms with Crippen LogP contribution in [0.25, 0.3) is 0 Å². The van der Waals surface area contributed by atoms with E-state index in [-0.39, 0.29) is 6.42 Å². The van der Waals surface area contributed by atoms with Crippen molar-refractivity contribution in [2.24, 2.45) is 5.16 Å². The summed E-state index contributed by atoms with van der Waals surface area (Å²) in [4.78, 5) is 0. The van der Waals surface area contributed by atoms with Gasteiger partial charge in [0.15, 0.2) is 33.3 Å². The molecule has 0 N–H and O–H groups in total. The summed E-state index contributed by atoms with van der Waals surface area (Å²) in [6.45, 7) is 35.1. The minimum atomic E-state index is -4.32. The molecule has 0 saturated carbocycles. The van der Waals surface area contributed by atoms with E-state index in [1.165, 1.54) is 11.8 Å². The molecular weight excluding hydrogens is 663 g/mol. The van der Waals surface area contributed by atoms with Gasteiger partial charge in [-0.05, 0) is 98.2 Å². The lowest BCUT2D eigenvalue weighted by molar-refractivity contribution is -0.188. The molecule has 17 heteroatoms. The van der Waals surface area contributed by atoms with E-state index < -0.39 is 81.8 Å². The first-order valence-electron chi connectivity index (χ1n) is 14.4. The van der Waals surface area contributed by atoms with Gasteiger partial charge >= 0.3 is 10.4 Å². The number of hydrogen-bond acceptors (Lipinski definition) is 11. The van der Waals surface area contributed by atoms with Crippen molar-refractivity contribution in [1.29, 1.82) is 0 Å². The normalized spacial score (nSPS) is 25.4. The highest BCUT2D eigenvalue weighted by Crippen LogP contribution is 2.38. The van der Waals surface area contributed by atoms with Crippen molar-refractivity contribution in [1.82, 2.24) is 0 Å². The molecule has 1 aliphatic rings. The Morgan fingerprint density at radius 2 is 1.24 bits per heavy atom. The average molecular weight is 720 g/mol. The van der Waals surface area contributed by atoms with E-state index in [1.54, 1.807) is 25.7 Å². The predicted molar refractivity (Wildman–Crippen MR) is 187 cm³/mol. The largest absolute Gasteiger partial charge is 0.459 e. The van der Waals surface area contributed by atoms with Crippen LogP contribution in [0.4, 0.5) is 0 Å². The zero-order valence-electron chi connectivity index (χ0n) is 28.5. The van der Waals surface area contributed by atoms with Crippen LogP contribution in [-0.2, 0) is 41.0 Å². The topological polar surface area (TPSA) is 111 Å². The molecule has 1 rings (SSSR count). The molecule has 0 aromatic carbocycles. The second kappa shape index (κ2) is 15.3. The Labute approximate surface area is 265 Å². The molecule has 0 aromatic rings. The summed E-state index contributed by atoms with van der Waals surface area (Å²) in [5.41, 5.74) is -0.599. The van der Waals surface area contributed by atoms with Gasteiger partial charge in [0.1, 0.15) is 34.9 Å². The Morgan fingerprint density at radius 3 is 1.67 bits per heavy atom. The van der Waals surface area contributed by atoms with Gasteiger partial charge in [-0.25, -0.2) is 4.28 Å². The first-order valence-corrected chi connectivity index (χ1v) is 33.7. The Balaban J connectivity index is 3.66. The number of oxime groups is 1. The van der Waals surface area contributed by atoms with Crippen molar-refractivity contribution in [3.05, 3.63) is 12.7 Å². The molecule has 5 unspecified atom stereocenters. The maximum absolute atomic E-state index is 12.5. The quantitative estimate of drug-likeness (QED) is 0.0546. The van der Waals surface area contributed by atoms with E-state index in [0.29, 0.717) is 11.7 Å². The second-order valence-corrected chi connectivity index (χ2v) is 40.2. The fraction of sp³-hybridized carbons (Fsp3) is 0.880. The van der Waals surface area contributed by atoms with Crippen molar-refractivity contribution in [2.75, 3.05) is 6.61 Å². The fourth-order valence-electron chi connectivity index (χ4n) is 3.84. The molecule has 0 bridgehead atoms. The molecule has 1 saturated heterocycles. The van der Waals surface area contributed by atoms with E-state index in [0.717, 1.165) is 0 Å². The summed E-state index contributed by atoms with van der Waals surface area (Å²) in [6, 6.07) is 0. The molecule has 0 aliphatic carbocycles. The number of rotatable bonds is 16. The van der Waals surface area contributed by atoms with Gasteiger partial charge in [-0.3, -0.25) is 3.87 Å². The van der Waals surface area contributed by atoms with Crippen LogP contribution in [-0.4, -0.2) is 91.5 Å². The van der Waals surface area contributed by atoms with Crippen molar-refractivity contribution >= 4 is 68.8 Å². The predicted octanol–water partition coefficient (Wildman–Crippen LogP) is 6.96. The Hall–Kier alpha value is 0.354.